The highest BCUT2D eigenvalue weighted by atomic mass is 32.2. The summed E-state index contributed by atoms with van der Waals surface area (Å²) in [5.41, 5.74) is 1.57. The molecule has 26 heavy (non-hydrogen) atoms. The average Bonchev–Trinajstić information content (AvgIpc) is 3.18. The Morgan fingerprint density at radius 1 is 1.19 bits per heavy atom. The van der Waals surface area contributed by atoms with Crippen LogP contribution >= 0.6 is 0 Å². The van der Waals surface area contributed by atoms with Crippen LogP contribution in [0.1, 0.15) is 6.42 Å². The number of likely N-dealkylation sites (N-methyl/N-ethyl adjacent to an activating group) is 1. The third-order valence-corrected chi connectivity index (χ3v) is 6.61. The fourth-order valence-electron chi connectivity index (χ4n) is 3.33. The Balaban J connectivity index is 1.47. The molecular formula is C19H19NO5S. The van der Waals surface area contributed by atoms with Crippen molar-refractivity contribution in [1.29, 1.82) is 0 Å². The number of hydrogen-bond donors (Lipinski definition) is 0. The number of rotatable bonds is 4. The van der Waals surface area contributed by atoms with Gasteiger partial charge in [-0.1, -0.05) is 18.2 Å². The van der Waals surface area contributed by atoms with Gasteiger partial charge in [-0.05, 0) is 30.7 Å². The van der Waals surface area contributed by atoms with E-state index in [1.807, 2.05) is 36.4 Å². The van der Waals surface area contributed by atoms with Crippen LogP contribution < -0.4 is 4.74 Å². The number of para-hydroxylation sites is 1. The van der Waals surface area contributed by atoms with E-state index in [1.165, 1.54) is 4.90 Å². The SMILES string of the molecule is CN(C(=O)COc1ccc2oc3ccccc3c2c1)[C@H]1CCS(=O)(=O)C1. The number of ether oxygens (including phenoxy) is 1. The molecule has 0 unspecified atom stereocenters. The first-order valence-electron chi connectivity index (χ1n) is 8.43. The molecule has 1 amide bonds. The lowest BCUT2D eigenvalue weighted by atomic mass is 10.1. The Morgan fingerprint density at radius 3 is 2.73 bits per heavy atom. The summed E-state index contributed by atoms with van der Waals surface area (Å²) in [5.74, 6) is 0.511. The monoisotopic (exact) mass is 373 g/mol. The smallest absolute Gasteiger partial charge is 0.260 e. The summed E-state index contributed by atoms with van der Waals surface area (Å²) in [6.07, 6.45) is 0.484. The number of fused-ring (bicyclic) bond motifs is 3. The molecule has 136 valence electrons. The van der Waals surface area contributed by atoms with Crippen molar-refractivity contribution >= 4 is 37.7 Å². The van der Waals surface area contributed by atoms with Crippen molar-refractivity contribution in [2.45, 2.75) is 12.5 Å². The second kappa shape index (κ2) is 6.32. The van der Waals surface area contributed by atoms with E-state index in [1.54, 1.807) is 13.1 Å². The zero-order valence-corrected chi connectivity index (χ0v) is 15.2. The zero-order chi connectivity index (χ0) is 18.3. The van der Waals surface area contributed by atoms with Crippen LogP contribution in [0.15, 0.2) is 46.9 Å². The molecule has 3 aromatic rings. The normalized spacial score (nSPS) is 19.0. The topological polar surface area (TPSA) is 76.8 Å². The van der Waals surface area contributed by atoms with Crippen molar-refractivity contribution in [1.82, 2.24) is 4.90 Å². The van der Waals surface area contributed by atoms with Gasteiger partial charge >= 0.3 is 0 Å². The molecule has 1 fully saturated rings. The summed E-state index contributed by atoms with van der Waals surface area (Å²) in [7, 11) is -1.40. The molecule has 1 aromatic heterocycles. The molecule has 1 saturated heterocycles. The zero-order valence-electron chi connectivity index (χ0n) is 14.3. The van der Waals surface area contributed by atoms with Crippen LogP contribution in [0.25, 0.3) is 21.9 Å². The van der Waals surface area contributed by atoms with Crippen molar-refractivity contribution in [2.75, 3.05) is 25.2 Å². The minimum absolute atomic E-state index is 0.0300. The van der Waals surface area contributed by atoms with Crippen molar-refractivity contribution in [3.05, 3.63) is 42.5 Å². The summed E-state index contributed by atoms with van der Waals surface area (Å²) < 4.78 is 34.6. The van der Waals surface area contributed by atoms with E-state index < -0.39 is 9.84 Å². The maximum absolute atomic E-state index is 12.3. The molecule has 0 saturated carbocycles. The van der Waals surface area contributed by atoms with Crippen molar-refractivity contribution in [2.24, 2.45) is 0 Å². The predicted octanol–water partition coefficient (Wildman–Crippen LogP) is 2.61. The first kappa shape index (κ1) is 16.9. The Bertz CT molecular complexity index is 1090. The molecule has 2 heterocycles. The number of benzene rings is 2. The first-order valence-corrected chi connectivity index (χ1v) is 10.3. The van der Waals surface area contributed by atoms with Crippen molar-refractivity contribution < 1.29 is 22.4 Å². The van der Waals surface area contributed by atoms with E-state index >= 15 is 0 Å². The van der Waals surface area contributed by atoms with Crippen LogP contribution in [-0.2, 0) is 14.6 Å². The average molecular weight is 373 g/mol. The molecular weight excluding hydrogens is 354 g/mol. The molecule has 1 atom stereocenters. The Hall–Kier alpha value is -2.54. The van der Waals surface area contributed by atoms with Crippen LogP contribution in [0.3, 0.4) is 0 Å². The minimum atomic E-state index is -3.02. The van der Waals surface area contributed by atoms with Crippen LogP contribution in [-0.4, -0.2) is 50.4 Å². The highest BCUT2D eigenvalue weighted by Gasteiger charge is 2.32. The van der Waals surface area contributed by atoms with Crippen LogP contribution in [0.4, 0.5) is 0 Å². The summed E-state index contributed by atoms with van der Waals surface area (Å²) in [6, 6.07) is 12.9. The van der Waals surface area contributed by atoms with Gasteiger partial charge < -0.3 is 14.1 Å². The van der Waals surface area contributed by atoms with E-state index in [2.05, 4.69) is 0 Å². The molecule has 0 aliphatic carbocycles. The molecule has 0 N–H and O–H groups in total. The number of nitrogens with zero attached hydrogens (tertiary/aromatic N) is 1. The van der Waals surface area contributed by atoms with Gasteiger partial charge in [0.25, 0.3) is 5.91 Å². The van der Waals surface area contributed by atoms with Crippen LogP contribution in [0.5, 0.6) is 5.75 Å². The number of carbonyl (C=O) groups excluding carboxylic acids is 1. The molecule has 1 aliphatic rings. The number of sulfone groups is 1. The Labute approximate surface area is 151 Å². The molecule has 0 bridgehead atoms. The van der Waals surface area contributed by atoms with Crippen molar-refractivity contribution in [3.8, 4) is 5.75 Å². The van der Waals surface area contributed by atoms with Gasteiger partial charge in [0.05, 0.1) is 11.5 Å². The third kappa shape index (κ3) is 3.14. The number of carbonyl (C=O) groups is 1. The van der Waals surface area contributed by atoms with E-state index in [0.29, 0.717) is 12.2 Å². The van der Waals surface area contributed by atoms with Gasteiger partial charge in [0.1, 0.15) is 16.9 Å². The second-order valence-corrected chi connectivity index (χ2v) is 8.84. The highest BCUT2D eigenvalue weighted by molar-refractivity contribution is 7.91. The molecule has 2 aromatic carbocycles. The van der Waals surface area contributed by atoms with E-state index in [0.717, 1.165) is 21.9 Å². The van der Waals surface area contributed by atoms with E-state index in [-0.39, 0.29) is 30.1 Å². The van der Waals surface area contributed by atoms with E-state index in [4.69, 9.17) is 9.15 Å². The fourth-order valence-corrected chi connectivity index (χ4v) is 5.10. The summed E-state index contributed by atoms with van der Waals surface area (Å²) >= 11 is 0. The summed E-state index contributed by atoms with van der Waals surface area (Å²) in [5, 5.41) is 1.92. The maximum Gasteiger partial charge on any atom is 0.260 e. The van der Waals surface area contributed by atoms with Gasteiger partial charge in [0, 0.05) is 23.9 Å². The van der Waals surface area contributed by atoms with Crippen LogP contribution in [0.2, 0.25) is 0 Å². The molecule has 6 nitrogen and oxygen atoms in total. The third-order valence-electron chi connectivity index (χ3n) is 4.86. The minimum Gasteiger partial charge on any atom is -0.484 e. The Morgan fingerprint density at radius 2 is 1.96 bits per heavy atom. The molecule has 4 rings (SSSR count). The second-order valence-electron chi connectivity index (χ2n) is 6.61. The fraction of sp³-hybridized carbons (Fsp3) is 0.316. The van der Waals surface area contributed by atoms with Gasteiger partial charge in [-0.25, -0.2) is 8.42 Å². The Kier molecular flexibility index (Phi) is 4.11. The molecule has 7 heteroatoms. The molecule has 0 spiro atoms. The van der Waals surface area contributed by atoms with Crippen LogP contribution in [0, 0.1) is 0 Å². The lowest BCUT2D eigenvalue weighted by molar-refractivity contribution is -0.133. The van der Waals surface area contributed by atoms with Gasteiger partial charge in [-0.15, -0.1) is 0 Å². The molecule has 0 radical (unpaired) electrons. The highest BCUT2D eigenvalue weighted by Crippen LogP contribution is 2.31. The lowest BCUT2D eigenvalue weighted by Gasteiger charge is -2.23. The van der Waals surface area contributed by atoms with Crippen molar-refractivity contribution in [3.63, 3.8) is 0 Å². The summed E-state index contributed by atoms with van der Waals surface area (Å²) in [6.45, 7) is -0.131. The number of amides is 1. The summed E-state index contributed by atoms with van der Waals surface area (Å²) in [4.78, 5) is 13.8. The predicted molar refractivity (Wildman–Crippen MR) is 99.0 cm³/mol. The quantitative estimate of drug-likeness (QED) is 0.703. The molecule has 1 aliphatic heterocycles. The van der Waals surface area contributed by atoms with Gasteiger partial charge in [-0.3, -0.25) is 4.79 Å². The first-order chi connectivity index (χ1) is 12.4. The van der Waals surface area contributed by atoms with Gasteiger partial charge in [0.15, 0.2) is 16.4 Å². The van der Waals surface area contributed by atoms with Gasteiger partial charge in [-0.2, -0.15) is 0 Å². The lowest BCUT2D eigenvalue weighted by Crippen LogP contribution is -2.40. The standard InChI is InChI=1S/C19H19NO5S/c1-20(13-8-9-26(22,23)12-13)19(21)11-24-14-6-7-18-16(10-14)15-4-2-3-5-17(15)25-18/h2-7,10,13H,8-9,11-12H2,1H3/t13-/m0/s1. The number of furan rings is 1. The van der Waals surface area contributed by atoms with E-state index in [9.17, 15) is 13.2 Å². The number of hydrogen-bond acceptors (Lipinski definition) is 5. The largest absolute Gasteiger partial charge is 0.484 e. The van der Waals surface area contributed by atoms with Gasteiger partial charge in [0.2, 0.25) is 0 Å². The maximum atomic E-state index is 12.3.